The van der Waals surface area contributed by atoms with Gasteiger partial charge in [0.2, 0.25) is 0 Å². The summed E-state index contributed by atoms with van der Waals surface area (Å²) in [7, 11) is 0. The van der Waals surface area contributed by atoms with Crippen molar-refractivity contribution in [1.82, 2.24) is 9.55 Å². The molecule has 0 saturated carbocycles. The molecule has 0 bridgehead atoms. The zero-order valence-corrected chi connectivity index (χ0v) is 16.7. The summed E-state index contributed by atoms with van der Waals surface area (Å²) in [5, 5.41) is 0.598. The molecule has 0 aliphatic carbocycles. The van der Waals surface area contributed by atoms with E-state index in [1.807, 2.05) is 27.7 Å². The first-order valence-corrected chi connectivity index (χ1v) is 10.6. The van der Waals surface area contributed by atoms with Crippen molar-refractivity contribution in [2.45, 2.75) is 58.0 Å². The van der Waals surface area contributed by atoms with Crippen LogP contribution >= 0.6 is 0 Å². The summed E-state index contributed by atoms with van der Waals surface area (Å²) in [6, 6.07) is 13.5. The van der Waals surface area contributed by atoms with E-state index in [0.717, 1.165) is 50.2 Å². The molecular weight excluding hydrogens is 362 g/mol. The first kappa shape index (κ1) is 18.1. The van der Waals surface area contributed by atoms with Gasteiger partial charge in [0, 0.05) is 30.3 Å². The van der Waals surface area contributed by atoms with Crippen LogP contribution < -0.4 is 10.5 Å². The lowest BCUT2D eigenvalue weighted by molar-refractivity contribution is 0.0981. The van der Waals surface area contributed by atoms with Gasteiger partial charge < -0.3 is 4.90 Å². The fourth-order valence-corrected chi connectivity index (χ4v) is 4.74. The highest BCUT2D eigenvalue weighted by molar-refractivity contribution is 6.09. The molecule has 0 spiro atoms. The number of anilines is 1. The second-order valence-corrected chi connectivity index (χ2v) is 8.24. The average Bonchev–Trinajstić information content (AvgIpc) is 3.04. The topological polar surface area (TPSA) is 55.2 Å². The van der Waals surface area contributed by atoms with E-state index in [9.17, 15) is 9.59 Å². The first-order chi connectivity index (χ1) is 14.1. The molecule has 148 valence electrons. The molecule has 5 nitrogen and oxygen atoms in total. The minimum Gasteiger partial charge on any atom is -0.305 e. The number of rotatable bonds is 1. The van der Waals surface area contributed by atoms with Crippen molar-refractivity contribution in [2.75, 3.05) is 4.90 Å². The van der Waals surface area contributed by atoms with Crippen LogP contribution in [-0.2, 0) is 19.4 Å². The smallest absolute Gasteiger partial charge is 0.261 e. The van der Waals surface area contributed by atoms with Gasteiger partial charge in [-0.15, -0.1) is 0 Å². The Balaban J connectivity index is 1.57. The lowest BCUT2D eigenvalue weighted by atomic mass is 10.1. The van der Waals surface area contributed by atoms with Gasteiger partial charge in [0.1, 0.15) is 5.82 Å². The van der Waals surface area contributed by atoms with Crippen LogP contribution in [0.4, 0.5) is 5.69 Å². The quantitative estimate of drug-likeness (QED) is 0.632. The normalized spacial score (nSPS) is 18.8. The molecule has 1 amide bonds. The number of carbonyl (C=O) groups excluding carboxylic acids is 1. The molecule has 5 rings (SSSR count). The maximum atomic E-state index is 13.4. The van der Waals surface area contributed by atoms with Crippen LogP contribution in [0.2, 0.25) is 0 Å². The number of fused-ring (bicyclic) bond motifs is 3. The number of benzene rings is 2. The number of carbonyl (C=O) groups is 1. The van der Waals surface area contributed by atoms with Gasteiger partial charge >= 0.3 is 0 Å². The summed E-state index contributed by atoms with van der Waals surface area (Å²) in [6.07, 6.45) is 6.09. The fraction of sp³-hybridized carbons (Fsp3) is 0.375. The average molecular weight is 387 g/mol. The van der Waals surface area contributed by atoms with Crippen molar-refractivity contribution < 1.29 is 4.79 Å². The molecule has 29 heavy (non-hydrogen) atoms. The maximum absolute atomic E-state index is 13.4. The molecule has 3 heterocycles. The van der Waals surface area contributed by atoms with Crippen molar-refractivity contribution in [3.05, 3.63) is 69.8 Å². The zero-order valence-electron chi connectivity index (χ0n) is 16.7. The lowest BCUT2D eigenvalue weighted by Gasteiger charge is -2.23. The summed E-state index contributed by atoms with van der Waals surface area (Å²) in [5.41, 5.74) is 3.42. The predicted octanol–water partition coefficient (Wildman–Crippen LogP) is 4.10. The Bertz CT molecular complexity index is 1160. The van der Waals surface area contributed by atoms with Gasteiger partial charge in [0.05, 0.1) is 10.9 Å². The summed E-state index contributed by atoms with van der Waals surface area (Å²) in [6.45, 7) is 2.81. The second kappa shape index (κ2) is 7.14. The van der Waals surface area contributed by atoms with E-state index in [-0.39, 0.29) is 17.5 Å². The molecule has 3 aromatic rings. The minimum atomic E-state index is -0.0296. The van der Waals surface area contributed by atoms with E-state index in [0.29, 0.717) is 16.5 Å². The molecule has 1 aromatic heterocycles. The van der Waals surface area contributed by atoms with E-state index in [1.165, 1.54) is 12.0 Å². The van der Waals surface area contributed by atoms with E-state index in [2.05, 4.69) is 13.0 Å². The number of amides is 1. The molecule has 5 heteroatoms. The Morgan fingerprint density at radius 1 is 1.07 bits per heavy atom. The molecule has 2 aliphatic rings. The van der Waals surface area contributed by atoms with Crippen LogP contribution in [0.15, 0.2) is 47.3 Å². The van der Waals surface area contributed by atoms with Gasteiger partial charge in [0.25, 0.3) is 11.5 Å². The highest BCUT2D eigenvalue weighted by atomic mass is 16.2. The molecule has 0 saturated heterocycles. The Morgan fingerprint density at radius 2 is 1.90 bits per heavy atom. The van der Waals surface area contributed by atoms with Gasteiger partial charge in [-0.25, -0.2) is 4.98 Å². The standard InChI is InChI=1S/C24H25N3O2/c1-16-14-17-8-5-6-9-21(17)27(16)23(28)18-11-12-19-20(15-18)25-22-10-4-2-3-7-13-26(22)24(19)29/h5-6,8-9,11-12,15-16H,2-4,7,10,13-14H2,1H3. The van der Waals surface area contributed by atoms with Gasteiger partial charge in [0.15, 0.2) is 0 Å². The van der Waals surface area contributed by atoms with Crippen molar-refractivity contribution in [3.63, 3.8) is 0 Å². The van der Waals surface area contributed by atoms with E-state index >= 15 is 0 Å². The Hall–Kier alpha value is -2.95. The van der Waals surface area contributed by atoms with Crippen molar-refractivity contribution in [1.29, 1.82) is 0 Å². The molecule has 1 atom stereocenters. The largest absolute Gasteiger partial charge is 0.305 e. The van der Waals surface area contributed by atoms with Crippen LogP contribution in [-0.4, -0.2) is 21.5 Å². The molecular formula is C24H25N3O2. The highest BCUT2D eigenvalue weighted by Gasteiger charge is 2.31. The summed E-state index contributed by atoms with van der Waals surface area (Å²) >= 11 is 0. The number of hydrogen-bond acceptors (Lipinski definition) is 3. The van der Waals surface area contributed by atoms with Crippen LogP contribution in [0.3, 0.4) is 0 Å². The zero-order chi connectivity index (χ0) is 20.0. The predicted molar refractivity (Wildman–Crippen MR) is 115 cm³/mol. The molecule has 0 fully saturated rings. The second-order valence-electron chi connectivity index (χ2n) is 8.24. The number of aryl methyl sites for hydroxylation is 1. The van der Waals surface area contributed by atoms with E-state index in [1.54, 1.807) is 18.2 Å². The Labute approximate surface area is 170 Å². The third-order valence-corrected chi connectivity index (χ3v) is 6.24. The number of aromatic nitrogens is 2. The molecule has 0 radical (unpaired) electrons. The lowest BCUT2D eigenvalue weighted by Crippen LogP contribution is -2.35. The van der Waals surface area contributed by atoms with Crippen LogP contribution in [0.25, 0.3) is 10.9 Å². The number of para-hydroxylation sites is 1. The van der Waals surface area contributed by atoms with E-state index < -0.39 is 0 Å². The molecule has 0 N–H and O–H groups in total. The first-order valence-electron chi connectivity index (χ1n) is 10.6. The monoisotopic (exact) mass is 387 g/mol. The van der Waals surface area contributed by atoms with Gasteiger partial charge in [-0.2, -0.15) is 0 Å². The number of nitrogens with zero attached hydrogens (tertiary/aromatic N) is 3. The van der Waals surface area contributed by atoms with Gasteiger partial charge in [-0.3, -0.25) is 14.2 Å². The molecule has 1 unspecified atom stereocenters. The van der Waals surface area contributed by atoms with Crippen molar-refractivity contribution >= 4 is 22.5 Å². The third-order valence-electron chi connectivity index (χ3n) is 6.24. The third kappa shape index (κ3) is 3.05. The van der Waals surface area contributed by atoms with Crippen molar-refractivity contribution in [3.8, 4) is 0 Å². The van der Waals surface area contributed by atoms with Gasteiger partial charge in [-0.05, 0) is 56.0 Å². The van der Waals surface area contributed by atoms with Crippen molar-refractivity contribution in [2.24, 2.45) is 0 Å². The van der Waals surface area contributed by atoms with Crippen LogP contribution in [0.5, 0.6) is 0 Å². The molecule has 2 aromatic carbocycles. The number of hydrogen-bond donors (Lipinski definition) is 0. The summed E-state index contributed by atoms with van der Waals surface area (Å²) in [5.74, 6) is 0.824. The summed E-state index contributed by atoms with van der Waals surface area (Å²) in [4.78, 5) is 33.0. The minimum absolute atomic E-state index is 0.0192. The highest BCUT2D eigenvalue weighted by Crippen LogP contribution is 2.33. The maximum Gasteiger partial charge on any atom is 0.261 e. The SMILES string of the molecule is CC1Cc2ccccc2N1C(=O)c1ccc2c(=O)n3c(nc2c1)CCCCCC3. The Morgan fingerprint density at radius 3 is 2.79 bits per heavy atom. The van der Waals surface area contributed by atoms with Crippen LogP contribution in [0, 0.1) is 0 Å². The Kier molecular flexibility index (Phi) is 4.46. The van der Waals surface area contributed by atoms with Crippen LogP contribution in [0.1, 0.15) is 54.4 Å². The fourth-order valence-electron chi connectivity index (χ4n) is 4.74. The van der Waals surface area contributed by atoms with E-state index in [4.69, 9.17) is 4.98 Å². The van der Waals surface area contributed by atoms with Gasteiger partial charge in [-0.1, -0.05) is 31.0 Å². The molecule has 2 aliphatic heterocycles. The summed E-state index contributed by atoms with van der Waals surface area (Å²) < 4.78 is 1.84.